The standard InChI is InChI=1S/C28H31N5O8S/c1-4-5-7-18-23(24-19(39-2)8-6-9-20(24)40-3)26(35)25(27(36)31-18)28-33-32-22(41-28)14-21(34)30-15-16-10-12-17(13-11-16)42(29,37)38/h6,8-13H,4-5,7,14-15H2,1-3H3,(H,30,34)(H2,29,37,38)(H2,31,35,36). The van der Waals surface area contributed by atoms with Crippen LogP contribution >= 0.6 is 0 Å². The SMILES string of the molecule is CCCCc1[nH]c(=O)c(-c2nnc(CC(=O)NCc3ccc(S(N)(=O)=O)cc3)o2)c(O)c1-c1c(OC)cccc1OC. The zero-order valence-corrected chi connectivity index (χ0v) is 24.1. The molecular formula is C28H31N5O8S. The van der Waals surface area contributed by atoms with Crippen LogP contribution in [0.2, 0.25) is 0 Å². The van der Waals surface area contributed by atoms with Gasteiger partial charge in [-0.1, -0.05) is 31.5 Å². The third kappa shape index (κ3) is 6.61. The molecule has 0 saturated heterocycles. The molecule has 0 atom stereocenters. The van der Waals surface area contributed by atoms with Gasteiger partial charge in [0.15, 0.2) is 0 Å². The van der Waals surface area contributed by atoms with Gasteiger partial charge in [-0.25, -0.2) is 13.6 Å². The van der Waals surface area contributed by atoms with Gasteiger partial charge in [-0.05, 0) is 42.7 Å². The lowest BCUT2D eigenvalue weighted by molar-refractivity contribution is -0.120. The molecule has 5 N–H and O–H groups in total. The monoisotopic (exact) mass is 597 g/mol. The highest BCUT2D eigenvalue weighted by Crippen LogP contribution is 2.46. The molecule has 0 saturated carbocycles. The summed E-state index contributed by atoms with van der Waals surface area (Å²) in [6, 6.07) is 10.9. The number of nitrogens with one attached hydrogen (secondary N) is 2. The third-order valence-corrected chi connectivity index (χ3v) is 7.39. The topological polar surface area (TPSA) is 200 Å². The van der Waals surface area contributed by atoms with Crippen molar-refractivity contribution in [3.63, 3.8) is 0 Å². The van der Waals surface area contributed by atoms with E-state index in [9.17, 15) is 23.1 Å². The molecule has 0 fully saturated rings. The molecule has 1 amide bonds. The molecule has 0 unspecified atom stereocenters. The number of aryl methyl sites for hydroxylation is 1. The highest BCUT2D eigenvalue weighted by Gasteiger charge is 2.27. The van der Waals surface area contributed by atoms with Crippen molar-refractivity contribution in [2.75, 3.05) is 14.2 Å². The molecule has 222 valence electrons. The van der Waals surface area contributed by atoms with Crippen molar-refractivity contribution in [1.29, 1.82) is 0 Å². The summed E-state index contributed by atoms with van der Waals surface area (Å²) < 4.78 is 39.5. The Balaban J connectivity index is 1.62. The van der Waals surface area contributed by atoms with E-state index in [4.69, 9.17) is 19.0 Å². The number of aromatic nitrogens is 3. The second kappa shape index (κ2) is 12.9. The maximum Gasteiger partial charge on any atom is 0.264 e. The molecule has 2 heterocycles. The maximum absolute atomic E-state index is 13.2. The van der Waals surface area contributed by atoms with E-state index in [1.807, 2.05) is 6.92 Å². The van der Waals surface area contributed by atoms with Crippen LogP contribution in [-0.2, 0) is 34.2 Å². The van der Waals surface area contributed by atoms with Crippen molar-refractivity contribution in [3.8, 4) is 39.8 Å². The number of carbonyl (C=O) groups excluding carboxylic acids is 1. The summed E-state index contributed by atoms with van der Waals surface area (Å²) in [5.41, 5.74) is 0.979. The Labute approximate surface area is 241 Å². The molecule has 2 aromatic carbocycles. The number of carbonyl (C=O) groups is 1. The van der Waals surface area contributed by atoms with Gasteiger partial charge in [0.1, 0.15) is 29.2 Å². The molecular weight excluding hydrogens is 566 g/mol. The van der Waals surface area contributed by atoms with Gasteiger partial charge >= 0.3 is 0 Å². The van der Waals surface area contributed by atoms with Gasteiger partial charge in [0, 0.05) is 12.2 Å². The van der Waals surface area contributed by atoms with E-state index >= 15 is 0 Å². The van der Waals surface area contributed by atoms with Crippen molar-refractivity contribution in [1.82, 2.24) is 20.5 Å². The molecule has 42 heavy (non-hydrogen) atoms. The van der Waals surface area contributed by atoms with Crippen LogP contribution in [0.15, 0.2) is 56.6 Å². The number of aromatic hydroxyl groups is 1. The fraction of sp³-hybridized carbons (Fsp3) is 0.286. The fourth-order valence-corrected chi connectivity index (χ4v) is 4.88. The average Bonchev–Trinajstić information content (AvgIpc) is 3.41. The fourth-order valence-electron chi connectivity index (χ4n) is 4.37. The lowest BCUT2D eigenvalue weighted by Crippen LogP contribution is -2.24. The Bertz CT molecular complexity index is 1720. The second-order valence-corrected chi connectivity index (χ2v) is 10.9. The van der Waals surface area contributed by atoms with Crippen molar-refractivity contribution in [3.05, 3.63) is 70.0 Å². The number of hydrogen-bond donors (Lipinski definition) is 4. The molecule has 0 radical (unpaired) electrons. The lowest BCUT2D eigenvalue weighted by Gasteiger charge is -2.18. The predicted octanol–water partition coefficient (Wildman–Crippen LogP) is 2.66. The third-order valence-electron chi connectivity index (χ3n) is 6.46. The van der Waals surface area contributed by atoms with Crippen molar-refractivity contribution >= 4 is 15.9 Å². The van der Waals surface area contributed by atoms with Crippen molar-refractivity contribution in [2.45, 2.75) is 44.0 Å². The molecule has 2 aromatic heterocycles. The number of ether oxygens (including phenoxy) is 2. The molecule has 0 spiro atoms. The molecule has 14 heteroatoms. The number of amides is 1. The van der Waals surface area contributed by atoms with E-state index in [1.54, 1.807) is 18.2 Å². The minimum Gasteiger partial charge on any atom is -0.506 e. The van der Waals surface area contributed by atoms with Crippen LogP contribution in [0.4, 0.5) is 0 Å². The van der Waals surface area contributed by atoms with E-state index < -0.39 is 27.2 Å². The van der Waals surface area contributed by atoms with Gasteiger partial charge in [-0.3, -0.25) is 9.59 Å². The summed E-state index contributed by atoms with van der Waals surface area (Å²) in [7, 11) is -0.843. The van der Waals surface area contributed by atoms with Crippen LogP contribution in [0.5, 0.6) is 17.2 Å². The molecule has 0 aliphatic carbocycles. The Morgan fingerprint density at radius 2 is 1.71 bits per heavy atom. The van der Waals surface area contributed by atoms with E-state index in [-0.39, 0.29) is 35.2 Å². The van der Waals surface area contributed by atoms with Gasteiger partial charge in [0.25, 0.3) is 11.4 Å². The van der Waals surface area contributed by atoms with E-state index in [0.717, 1.165) is 12.8 Å². The van der Waals surface area contributed by atoms with Gasteiger partial charge in [0.05, 0.1) is 30.2 Å². The quantitative estimate of drug-likeness (QED) is 0.188. The molecule has 0 aliphatic rings. The minimum absolute atomic E-state index is 0.0417. The summed E-state index contributed by atoms with van der Waals surface area (Å²) in [6.45, 7) is 2.12. The Kier molecular flexibility index (Phi) is 9.28. The predicted molar refractivity (Wildman–Crippen MR) is 153 cm³/mol. The first-order chi connectivity index (χ1) is 20.1. The van der Waals surface area contributed by atoms with Crippen molar-refractivity contribution < 1.29 is 32.2 Å². The van der Waals surface area contributed by atoms with Crippen LogP contribution in [0.25, 0.3) is 22.6 Å². The van der Waals surface area contributed by atoms with E-state index in [1.165, 1.54) is 38.5 Å². The number of pyridine rings is 1. The number of aromatic amines is 1. The van der Waals surface area contributed by atoms with Crippen LogP contribution < -0.4 is 25.5 Å². The van der Waals surface area contributed by atoms with Crippen LogP contribution in [0.3, 0.4) is 0 Å². The first kappa shape index (κ1) is 30.3. The number of methoxy groups -OCH3 is 2. The number of rotatable bonds is 12. The summed E-state index contributed by atoms with van der Waals surface area (Å²) in [4.78, 5) is 28.5. The average molecular weight is 598 g/mol. The highest BCUT2D eigenvalue weighted by atomic mass is 32.2. The van der Waals surface area contributed by atoms with Crippen molar-refractivity contribution in [2.24, 2.45) is 5.14 Å². The van der Waals surface area contributed by atoms with E-state index in [0.29, 0.717) is 40.3 Å². The maximum atomic E-state index is 13.2. The van der Waals surface area contributed by atoms with Crippen LogP contribution in [0, 0.1) is 0 Å². The smallest absolute Gasteiger partial charge is 0.264 e. The van der Waals surface area contributed by atoms with E-state index in [2.05, 4.69) is 20.5 Å². The summed E-state index contributed by atoms with van der Waals surface area (Å²) in [5, 5.41) is 27.0. The lowest BCUT2D eigenvalue weighted by atomic mass is 9.96. The normalized spacial score (nSPS) is 11.3. The Morgan fingerprint density at radius 1 is 1.05 bits per heavy atom. The number of H-pyrrole nitrogens is 1. The van der Waals surface area contributed by atoms with Gasteiger partial charge < -0.3 is 29.3 Å². The number of unbranched alkanes of at least 4 members (excludes halogenated alkanes) is 1. The molecule has 13 nitrogen and oxygen atoms in total. The summed E-state index contributed by atoms with van der Waals surface area (Å²) >= 11 is 0. The zero-order chi connectivity index (χ0) is 30.4. The number of benzene rings is 2. The second-order valence-electron chi connectivity index (χ2n) is 9.32. The molecule has 0 bridgehead atoms. The van der Waals surface area contributed by atoms with Gasteiger partial charge in [-0.2, -0.15) is 0 Å². The number of primary sulfonamides is 1. The highest BCUT2D eigenvalue weighted by molar-refractivity contribution is 7.89. The number of nitrogens with two attached hydrogens (primary N) is 1. The first-order valence-corrected chi connectivity index (χ1v) is 14.5. The number of sulfonamides is 1. The molecule has 0 aliphatic heterocycles. The zero-order valence-electron chi connectivity index (χ0n) is 23.3. The summed E-state index contributed by atoms with van der Waals surface area (Å²) in [6.07, 6.45) is 1.76. The summed E-state index contributed by atoms with van der Waals surface area (Å²) in [5.74, 6) is -0.377. The molecule has 4 aromatic rings. The molecule has 4 rings (SSSR count). The van der Waals surface area contributed by atoms with Crippen LogP contribution in [0.1, 0.15) is 36.9 Å². The van der Waals surface area contributed by atoms with Gasteiger partial charge in [-0.15, -0.1) is 10.2 Å². The van der Waals surface area contributed by atoms with Gasteiger partial charge in [0.2, 0.25) is 21.8 Å². The number of nitrogens with zero attached hydrogens (tertiary/aromatic N) is 2. The van der Waals surface area contributed by atoms with Crippen LogP contribution in [-0.4, -0.2) is 48.8 Å². The Hall–Kier alpha value is -4.69. The first-order valence-electron chi connectivity index (χ1n) is 13.0. The Morgan fingerprint density at radius 3 is 2.31 bits per heavy atom. The number of hydrogen-bond acceptors (Lipinski definition) is 10. The minimum atomic E-state index is -3.82. The largest absolute Gasteiger partial charge is 0.506 e.